The van der Waals surface area contributed by atoms with E-state index < -0.39 is 0 Å². The van der Waals surface area contributed by atoms with Crippen LogP contribution in [-0.2, 0) is 12.8 Å². The molecule has 0 saturated carbocycles. The number of halogens is 1. The Morgan fingerprint density at radius 3 is 2.88 bits per heavy atom. The first-order chi connectivity index (χ1) is 12.7. The van der Waals surface area contributed by atoms with Gasteiger partial charge in [0.15, 0.2) is 0 Å². The third-order valence-corrected chi connectivity index (χ3v) is 5.01. The molecule has 0 radical (unpaired) electrons. The largest absolute Gasteiger partial charge is 0.497 e. The summed E-state index contributed by atoms with van der Waals surface area (Å²) >= 11 is 6.20. The first-order valence-corrected chi connectivity index (χ1v) is 9.36. The van der Waals surface area contributed by atoms with Crippen molar-refractivity contribution in [3.63, 3.8) is 0 Å². The zero-order valence-corrected chi connectivity index (χ0v) is 15.6. The van der Waals surface area contributed by atoms with Gasteiger partial charge >= 0.3 is 0 Å². The number of hydrogen-bond donors (Lipinski definition) is 1. The van der Waals surface area contributed by atoms with Crippen molar-refractivity contribution >= 4 is 17.4 Å². The molecule has 0 unspecified atom stereocenters. The van der Waals surface area contributed by atoms with Crippen LogP contribution < -0.4 is 10.1 Å². The summed E-state index contributed by atoms with van der Waals surface area (Å²) in [5.41, 5.74) is 4.61. The lowest BCUT2D eigenvalue weighted by atomic mass is 10.0. The van der Waals surface area contributed by atoms with E-state index in [0.29, 0.717) is 0 Å². The smallest absolute Gasteiger partial charge is 0.133 e. The molecule has 0 atom stereocenters. The topological polar surface area (TPSA) is 39.1 Å². The summed E-state index contributed by atoms with van der Waals surface area (Å²) in [6.07, 6.45) is 4.17. The molecule has 5 heteroatoms. The summed E-state index contributed by atoms with van der Waals surface area (Å²) in [5, 5.41) is 9.24. The van der Waals surface area contributed by atoms with E-state index in [-0.39, 0.29) is 0 Å². The van der Waals surface area contributed by atoms with Crippen LogP contribution in [0.2, 0.25) is 5.02 Å². The minimum Gasteiger partial charge on any atom is -0.497 e. The fourth-order valence-corrected chi connectivity index (χ4v) is 3.67. The molecule has 1 aliphatic heterocycles. The van der Waals surface area contributed by atoms with E-state index in [2.05, 4.69) is 17.4 Å². The number of ether oxygens (including phenoxy) is 1. The Balaban J connectivity index is 1.77. The van der Waals surface area contributed by atoms with Gasteiger partial charge in [0.25, 0.3) is 0 Å². The lowest BCUT2D eigenvalue weighted by molar-refractivity contribution is 0.414. The molecule has 0 saturated heterocycles. The number of benzene rings is 2. The molecular formula is C21H22ClN3O. The summed E-state index contributed by atoms with van der Waals surface area (Å²) in [5.74, 6) is 1.98. The molecule has 4 rings (SSSR count). The average molecular weight is 368 g/mol. The quantitative estimate of drug-likeness (QED) is 0.714. The predicted molar refractivity (Wildman–Crippen MR) is 106 cm³/mol. The van der Waals surface area contributed by atoms with Crippen molar-refractivity contribution in [1.29, 1.82) is 0 Å². The van der Waals surface area contributed by atoms with Crippen molar-refractivity contribution in [1.82, 2.24) is 9.78 Å². The molecule has 1 N–H and O–H groups in total. The Kier molecular flexibility index (Phi) is 4.85. The summed E-state index contributed by atoms with van der Waals surface area (Å²) in [6, 6.07) is 16.0. The number of rotatable bonds is 4. The van der Waals surface area contributed by atoms with Crippen LogP contribution in [0.3, 0.4) is 0 Å². The van der Waals surface area contributed by atoms with Crippen molar-refractivity contribution < 1.29 is 4.74 Å². The van der Waals surface area contributed by atoms with E-state index >= 15 is 0 Å². The van der Waals surface area contributed by atoms with Gasteiger partial charge in [-0.25, -0.2) is 4.68 Å². The second-order valence-electron chi connectivity index (χ2n) is 6.58. The molecule has 1 aromatic heterocycles. The van der Waals surface area contributed by atoms with Gasteiger partial charge < -0.3 is 10.1 Å². The van der Waals surface area contributed by atoms with Gasteiger partial charge in [-0.05, 0) is 55.2 Å². The molecule has 1 aliphatic rings. The van der Waals surface area contributed by atoms with Crippen molar-refractivity contribution in [2.24, 2.45) is 0 Å². The van der Waals surface area contributed by atoms with Gasteiger partial charge in [0.1, 0.15) is 11.6 Å². The number of nitrogens with one attached hydrogen (secondary N) is 1. The molecule has 0 amide bonds. The van der Waals surface area contributed by atoms with E-state index in [0.717, 1.165) is 47.4 Å². The van der Waals surface area contributed by atoms with Crippen LogP contribution in [0.25, 0.3) is 5.69 Å². The maximum Gasteiger partial charge on any atom is 0.133 e. The molecule has 134 valence electrons. The SMILES string of the molecule is COc1cccc(Cc2nn(-c3cccc(Cl)c3)c3c2CCCCN3)c1. The highest BCUT2D eigenvalue weighted by Gasteiger charge is 2.21. The van der Waals surface area contributed by atoms with Crippen LogP contribution in [0.5, 0.6) is 5.75 Å². The zero-order chi connectivity index (χ0) is 17.9. The molecule has 2 heterocycles. The number of fused-ring (bicyclic) bond motifs is 1. The number of aromatic nitrogens is 2. The van der Waals surface area contributed by atoms with E-state index in [1.54, 1.807) is 7.11 Å². The Hall–Kier alpha value is -2.46. The zero-order valence-electron chi connectivity index (χ0n) is 14.8. The molecule has 3 aromatic rings. The molecule has 4 nitrogen and oxygen atoms in total. The number of anilines is 1. The van der Waals surface area contributed by atoms with Crippen LogP contribution in [0, 0.1) is 0 Å². The number of hydrogen-bond acceptors (Lipinski definition) is 3. The van der Waals surface area contributed by atoms with Gasteiger partial charge in [-0.2, -0.15) is 5.10 Å². The normalized spacial score (nSPS) is 13.6. The first kappa shape index (κ1) is 17.0. The summed E-state index contributed by atoms with van der Waals surface area (Å²) in [6.45, 7) is 0.970. The van der Waals surface area contributed by atoms with E-state index in [1.807, 2.05) is 41.1 Å². The van der Waals surface area contributed by atoms with Gasteiger partial charge in [-0.3, -0.25) is 0 Å². The maximum atomic E-state index is 6.20. The van der Waals surface area contributed by atoms with Gasteiger partial charge in [-0.15, -0.1) is 0 Å². The lowest BCUT2D eigenvalue weighted by Gasteiger charge is -2.09. The van der Waals surface area contributed by atoms with Gasteiger partial charge in [0.05, 0.1) is 18.5 Å². The third kappa shape index (κ3) is 3.42. The third-order valence-electron chi connectivity index (χ3n) is 4.77. The Morgan fingerprint density at radius 1 is 1.15 bits per heavy atom. The Morgan fingerprint density at radius 2 is 2.04 bits per heavy atom. The van der Waals surface area contributed by atoms with Crippen LogP contribution in [0.1, 0.15) is 29.7 Å². The van der Waals surface area contributed by atoms with Crippen LogP contribution >= 0.6 is 11.6 Å². The minimum atomic E-state index is 0.717. The average Bonchev–Trinajstić information content (AvgIpc) is 2.83. The molecule has 0 spiro atoms. The second kappa shape index (κ2) is 7.42. The molecule has 0 bridgehead atoms. The van der Waals surface area contributed by atoms with Gasteiger partial charge in [-0.1, -0.05) is 29.8 Å². The minimum absolute atomic E-state index is 0.717. The molecule has 0 aliphatic carbocycles. The van der Waals surface area contributed by atoms with Gasteiger partial charge in [0.2, 0.25) is 0 Å². The fraction of sp³-hybridized carbons (Fsp3) is 0.286. The fourth-order valence-electron chi connectivity index (χ4n) is 3.49. The standard InChI is InChI=1S/C21H22ClN3O/c1-26-18-9-4-6-15(12-18)13-20-19-10-2-3-11-23-21(19)25(24-20)17-8-5-7-16(22)14-17/h4-9,12,14,23H,2-3,10-11,13H2,1H3. The van der Waals surface area contributed by atoms with E-state index in [9.17, 15) is 0 Å². The van der Waals surface area contributed by atoms with E-state index in [1.165, 1.54) is 24.0 Å². The number of methoxy groups -OCH3 is 1. The van der Waals surface area contributed by atoms with Crippen LogP contribution in [-0.4, -0.2) is 23.4 Å². The monoisotopic (exact) mass is 367 g/mol. The summed E-state index contributed by atoms with van der Waals surface area (Å²) in [4.78, 5) is 0. The van der Waals surface area contributed by atoms with Crippen molar-refractivity contribution in [2.75, 3.05) is 19.0 Å². The predicted octanol–water partition coefficient (Wildman–Crippen LogP) is 4.87. The van der Waals surface area contributed by atoms with Crippen molar-refractivity contribution in [2.45, 2.75) is 25.7 Å². The lowest BCUT2D eigenvalue weighted by Crippen LogP contribution is -2.07. The van der Waals surface area contributed by atoms with Crippen molar-refractivity contribution in [3.8, 4) is 11.4 Å². The highest BCUT2D eigenvalue weighted by atomic mass is 35.5. The van der Waals surface area contributed by atoms with E-state index in [4.69, 9.17) is 21.4 Å². The maximum absolute atomic E-state index is 6.20. The molecule has 26 heavy (non-hydrogen) atoms. The van der Waals surface area contributed by atoms with Crippen LogP contribution in [0.4, 0.5) is 5.82 Å². The number of nitrogens with zero attached hydrogens (tertiary/aromatic N) is 2. The summed E-state index contributed by atoms with van der Waals surface area (Å²) in [7, 11) is 1.70. The van der Waals surface area contributed by atoms with Crippen LogP contribution in [0.15, 0.2) is 48.5 Å². The first-order valence-electron chi connectivity index (χ1n) is 8.98. The highest BCUT2D eigenvalue weighted by molar-refractivity contribution is 6.30. The van der Waals surface area contributed by atoms with Crippen molar-refractivity contribution in [3.05, 3.63) is 70.4 Å². The van der Waals surface area contributed by atoms with Gasteiger partial charge in [0, 0.05) is 23.6 Å². The Labute approximate surface area is 158 Å². The molecular weight excluding hydrogens is 346 g/mol. The molecule has 0 fully saturated rings. The summed E-state index contributed by atoms with van der Waals surface area (Å²) < 4.78 is 7.36. The second-order valence-corrected chi connectivity index (χ2v) is 7.01. The highest BCUT2D eigenvalue weighted by Crippen LogP contribution is 2.30. The Bertz CT molecular complexity index is 919. The molecule has 2 aromatic carbocycles.